The zero-order valence-electron chi connectivity index (χ0n) is 12.2. The molecule has 0 fully saturated rings. The van der Waals surface area contributed by atoms with Gasteiger partial charge in [-0.05, 0) is 18.2 Å². The molecule has 0 amide bonds. The fourth-order valence-corrected chi connectivity index (χ4v) is 2.61. The number of nitrogens with zero attached hydrogens (tertiary/aromatic N) is 1. The molecule has 3 rings (SSSR count). The van der Waals surface area contributed by atoms with Crippen molar-refractivity contribution in [3.8, 4) is 5.75 Å². The molecule has 0 aliphatic heterocycles. The van der Waals surface area contributed by atoms with Crippen LogP contribution in [0.25, 0.3) is 10.9 Å². The van der Waals surface area contributed by atoms with E-state index >= 15 is 0 Å². The topological polar surface area (TPSA) is 48.3 Å². The standard InChI is InChI=1S/C18H15NO3/c1-22-17-14(10-12-20)8-7-13-9-11-19(16(13)17)18(21)15-5-3-2-4-6-15/h2-9,11-12H,10H2,1H3. The van der Waals surface area contributed by atoms with Crippen LogP contribution in [0.4, 0.5) is 0 Å². The normalized spacial score (nSPS) is 10.6. The Morgan fingerprint density at radius 3 is 2.59 bits per heavy atom. The highest BCUT2D eigenvalue weighted by Gasteiger charge is 2.17. The average molecular weight is 293 g/mol. The Labute approximate surface area is 127 Å². The van der Waals surface area contributed by atoms with Gasteiger partial charge in [0.05, 0.1) is 12.6 Å². The summed E-state index contributed by atoms with van der Waals surface area (Å²) in [6.45, 7) is 0. The Hall–Kier alpha value is -2.88. The van der Waals surface area contributed by atoms with Crippen molar-refractivity contribution in [1.82, 2.24) is 4.57 Å². The van der Waals surface area contributed by atoms with Crippen molar-refractivity contribution >= 4 is 23.1 Å². The molecule has 2 aromatic carbocycles. The van der Waals surface area contributed by atoms with Crippen LogP contribution in [0.1, 0.15) is 15.9 Å². The van der Waals surface area contributed by atoms with Gasteiger partial charge < -0.3 is 9.53 Å². The predicted octanol–water partition coefficient (Wildman–Crippen LogP) is 3.08. The van der Waals surface area contributed by atoms with Crippen molar-refractivity contribution in [2.24, 2.45) is 0 Å². The Morgan fingerprint density at radius 2 is 1.91 bits per heavy atom. The van der Waals surface area contributed by atoms with Crippen LogP contribution in [-0.4, -0.2) is 23.9 Å². The van der Waals surface area contributed by atoms with E-state index < -0.39 is 0 Å². The second kappa shape index (κ2) is 5.85. The Morgan fingerprint density at radius 1 is 1.14 bits per heavy atom. The maximum atomic E-state index is 12.7. The zero-order chi connectivity index (χ0) is 15.5. The second-order valence-corrected chi connectivity index (χ2v) is 4.92. The molecule has 0 spiro atoms. The molecule has 0 radical (unpaired) electrons. The largest absolute Gasteiger partial charge is 0.494 e. The van der Waals surface area contributed by atoms with Crippen LogP contribution in [0.5, 0.6) is 5.75 Å². The lowest BCUT2D eigenvalue weighted by Crippen LogP contribution is -2.11. The van der Waals surface area contributed by atoms with E-state index in [1.165, 1.54) is 0 Å². The molecule has 4 nitrogen and oxygen atoms in total. The molecular formula is C18H15NO3. The van der Waals surface area contributed by atoms with E-state index in [9.17, 15) is 9.59 Å². The van der Waals surface area contributed by atoms with Gasteiger partial charge in [0.2, 0.25) is 0 Å². The lowest BCUT2D eigenvalue weighted by Gasteiger charge is -2.11. The first-order chi connectivity index (χ1) is 10.8. The number of rotatable bonds is 4. The maximum Gasteiger partial charge on any atom is 0.262 e. The van der Waals surface area contributed by atoms with Crippen LogP contribution < -0.4 is 4.74 Å². The van der Waals surface area contributed by atoms with E-state index in [1.54, 1.807) is 30.0 Å². The summed E-state index contributed by atoms with van der Waals surface area (Å²) in [6, 6.07) is 14.7. The summed E-state index contributed by atoms with van der Waals surface area (Å²) in [7, 11) is 1.55. The van der Waals surface area contributed by atoms with Crippen LogP contribution in [0.3, 0.4) is 0 Å². The van der Waals surface area contributed by atoms with Crippen LogP contribution in [-0.2, 0) is 11.2 Å². The van der Waals surface area contributed by atoms with Crippen molar-refractivity contribution in [1.29, 1.82) is 0 Å². The van der Waals surface area contributed by atoms with Crippen LogP contribution >= 0.6 is 0 Å². The number of hydrogen-bond donors (Lipinski definition) is 0. The van der Waals surface area contributed by atoms with Gasteiger partial charge in [-0.3, -0.25) is 9.36 Å². The van der Waals surface area contributed by atoms with E-state index in [1.807, 2.05) is 36.4 Å². The van der Waals surface area contributed by atoms with Gasteiger partial charge in [-0.2, -0.15) is 0 Å². The van der Waals surface area contributed by atoms with Gasteiger partial charge in [-0.15, -0.1) is 0 Å². The highest BCUT2D eigenvalue weighted by molar-refractivity contribution is 6.04. The molecule has 0 unspecified atom stereocenters. The Bertz CT molecular complexity index is 834. The van der Waals surface area contributed by atoms with Crippen molar-refractivity contribution in [3.05, 3.63) is 65.9 Å². The minimum Gasteiger partial charge on any atom is -0.494 e. The summed E-state index contributed by atoms with van der Waals surface area (Å²) in [6.07, 6.45) is 2.81. The van der Waals surface area contributed by atoms with Gasteiger partial charge in [-0.25, -0.2) is 0 Å². The smallest absolute Gasteiger partial charge is 0.262 e. The summed E-state index contributed by atoms with van der Waals surface area (Å²) < 4.78 is 7.03. The number of carbonyl (C=O) groups is 2. The molecule has 110 valence electrons. The Kier molecular flexibility index (Phi) is 3.74. The summed E-state index contributed by atoms with van der Waals surface area (Å²) in [5.41, 5.74) is 2.06. The van der Waals surface area contributed by atoms with Crippen molar-refractivity contribution in [2.45, 2.75) is 6.42 Å². The van der Waals surface area contributed by atoms with Crippen molar-refractivity contribution < 1.29 is 14.3 Å². The lowest BCUT2D eigenvalue weighted by atomic mass is 10.1. The third kappa shape index (κ3) is 2.29. The zero-order valence-corrected chi connectivity index (χ0v) is 12.2. The minimum absolute atomic E-state index is 0.128. The summed E-state index contributed by atoms with van der Waals surface area (Å²) in [5.74, 6) is 0.441. The molecule has 3 aromatic rings. The maximum absolute atomic E-state index is 12.7. The molecular weight excluding hydrogens is 278 g/mol. The van der Waals surface area contributed by atoms with Gasteiger partial charge in [-0.1, -0.05) is 30.3 Å². The van der Waals surface area contributed by atoms with Gasteiger partial charge in [0.25, 0.3) is 5.91 Å². The van der Waals surface area contributed by atoms with Crippen LogP contribution in [0.2, 0.25) is 0 Å². The van der Waals surface area contributed by atoms with Gasteiger partial charge in [0, 0.05) is 29.1 Å². The molecule has 1 aromatic heterocycles. The molecule has 4 heteroatoms. The molecule has 0 saturated carbocycles. The van der Waals surface area contributed by atoms with E-state index in [4.69, 9.17) is 4.74 Å². The number of carbonyl (C=O) groups excluding carboxylic acids is 2. The number of benzene rings is 2. The van der Waals surface area contributed by atoms with Crippen LogP contribution in [0, 0.1) is 0 Å². The first-order valence-corrected chi connectivity index (χ1v) is 6.96. The molecule has 22 heavy (non-hydrogen) atoms. The SMILES string of the molecule is COc1c(CC=O)ccc2ccn(C(=O)c3ccccc3)c12. The predicted molar refractivity (Wildman–Crippen MR) is 84.4 cm³/mol. The number of aromatic nitrogens is 1. The molecule has 0 atom stereocenters. The highest BCUT2D eigenvalue weighted by Crippen LogP contribution is 2.31. The molecule has 0 aliphatic carbocycles. The van der Waals surface area contributed by atoms with E-state index in [-0.39, 0.29) is 12.3 Å². The monoisotopic (exact) mass is 293 g/mol. The number of aldehydes is 1. The average Bonchev–Trinajstić information content (AvgIpc) is 2.99. The fraction of sp³-hybridized carbons (Fsp3) is 0.111. The van der Waals surface area contributed by atoms with Gasteiger partial charge in [0.1, 0.15) is 12.0 Å². The van der Waals surface area contributed by atoms with Crippen molar-refractivity contribution in [2.75, 3.05) is 7.11 Å². The molecule has 0 saturated heterocycles. The molecule has 0 bridgehead atoms. The Balaban J connectivity index is 2.20. The third-order valence-corrected chi connectivity index (χ3v) is 3.64. The summed E-state index contributed by atoms with van der Waals surface area (Å²) in [5, 5.41) is 0.899. The number of ether oxygens (including phenoxy) is 1. The van der Waals surface area contributed by atoms with Crippen LogP contribution in [0.15, 0.2) is 54.7 Å². The fourth-order valence-electron chi connectivity index (χ4n) is 2.61. The molecule has 0 N–H and O–H groups in total. The molecule has 1 heterocycles. The van der Waals surface area contributed by atoms with Crippen molar-refractivity contribution in [3.63, 3.8) is 0 Å². The molecule has 0 aliphatic rings. The third-order valence-electron chi connectivity index (χ3n) is 3.64. The first kappa shape index (κ1) is 14.1. The summed E-state index contributed by atoms with van der Waals surface area (Å²) >= 11 is 0. The quantitative estimate of drug-likeness (QED) is 0.695. The lowest BCUT2D eigenvalue weighted by molar-refractivity contribution is -0.107. The number of hydrogen-bond acceptors (Lipinski definition) is 3. The van der Waals surface area contributed by atoms with Gasteiger partial charge >= 0.3 is 0 Å². The highest BCUT2D eigenvalue weighted by atomic mass is 16.5. The summed E-state index contributed by atoms with van der Waals surface area (Å²) in [4.78, 5) is 23.5. The van der Waals surface area contributed by atoms with Gasteiger partial charge in [0.15, 0.2) is 0 Å². The van der Waals surface area contributed by atoms with E-state index in [0.717, 1.165) is 17.2 Å². The van der Waals surface area contributed by atoms with E-state index in [0.29, 0.717) is 16.8 Å². The second-order valence-electron chi connectivity index (χ2n) is 4.92. The van der Waals surface area contributed by atoms with E-state index in [2.05, 4.69) is 0 Å². The number of fused-ring (bicyclic) bond motifs is 1. The first-order valence-electron chi connectivity index (χ1n) is 6.96. The number of methoxy groups -OCH3 is 1. The minimum atomic E-state index is -0.128.